The van der Waals surface area contributed by atoms with E-state index in [9.17, 15) is 0 Å². The molecule has 0 aliphatic rings. The van der Waals surface area contributed by atoms with Gasteiger partial charge in [0, 0.05) is 23.1 Å². The fourth-order valence-corrected chi connectivity index (χ4v) is 2.52. The summed E-state index contributed by atoms with van der Waals surface area (Å²) >= 11 is 1.78. The number of thioether (sulfide) groups is 1. The lowest BCUT2D eigenvalue weighted by molar-refractivity contribution is 0.518. The lowest BCUT2D eigenvalue weighted by Crippen LogP contribution is -2.05. The van der Waals surface area contributed by atoms with Crippen molar-refractivity contribution in [3.8, 4) is 0 Å². The van der Waals surface area contributed by atoms with Crippen LogP contribution in [0.5, 0.6) is 0 Å². The lowest BCUT2D eigenvalue weighted by atomic mass is 10.1. The van der Waals surface area contributed by atoms with Gasteiger partial charge < -0.3 is 0 Å². The molecule has 0 aliphatic heterocycles. The molecule has 0 unspecified atom stereocenters. The summed E-state index contributed by atoms with van der Waals surface area (Å²) in [6, 6.07) is 9.21. The predicted octanol–water partition coefficient (Wildman–Crippen LogP) is 4.09. The Morgan fingerprint density at radius 3 is 2.39 bits per heavy atom. The van der Waals surface area contributed by atoms with Gasteiger partial charge in [-0.3, -0.25) is 4.68 Å². The molecular formula is C15H20N2S. The molecule has 0 amide bonds. The van der Waals surface area contributed by atoms with Crippen molar-refractivity contribution in [2.45, 2.75) is 38.1 Å². The Labute approximate surface area is 113 Å². The van der Waals surface area contributed by atoms with Gasteiger partial charge >= 0.3 is 0 Å². The summed E-state index contributed by atoms with van der Waals surface area (Å²) in [5.41, 5.74) is 3.94. The van der Waals surface area contributed by atoms with Crippen molar-refractivity contribution in [1.29, 1.82) is 0 Å². The third-order valence-electron chi connectivity index (χ3n) is 3.19. The Bertz CT molecular complexity index is 512. The number of aromatic nitrogens is 2. The molecular weight excluding hydrogens is 240 g/mol. The SMILES string of the molecule is CSc1ccc(Cc2cnn(C(C)C)c2C)cc1. The van der Waals surface area contributed by atoms with E-state index < -0.39 is 0 Å². The minimum atomic E-state index is 0.428. The molecule has 1 aromatic carbocycles. The fraction of sp³-hybridized carbons (Fsp3) is 0.400. The molecule has 3 heteroatoms. The summed E-state index contributed by atoms with van der Waals surface area (Å²) in [4.78, 5) is 1.31. The molecule has 0 saturated heterocycles. The summed E-state index contributed by atoms with van der Waals surface area (Å²) in [5, 5.41) is 4.46. The van der Waals surface area contributed by atoms with Gasteiger partial charge in [-0.15, -0.1) is 11.8 Å². The third-order valence-corrected chi connectivity index (χ3v) is 3.93. The highest BCUT2D eigenvalue weighted by Crippen LogP contribution is 2.19. The Morgan fingerprint density at radius 1 is 1.22 bits per heavy atom. The zero-order valence-electron chi connectivity index (χ0n) is 11.5. The number of hydrogen-bond donors (Lipinski definition) is 0. The van der Waals surface area contributed by atoms with Crippen molar-refractivity contribution in [1.82, 2.24) is 9.78 Å². The molecule has 0 atom stereocenters. The monoisotopic (exact) mass is 260 g/mol. The van der Waals surface area contributed by atoms with Gasteiger partial charge in [0.05, 0.1) is 6.20 Å². The number of rotatable bonds is 4. The van der Waals surface area contributed by atoms with E-state index in [1.807, 2.05) is 6.20 Å². The van der Waals surface area contributed by atoms with Crippen LogP contribution in [0.25, 0.3) is 0 Å². The zero-order chi connectivity index (χ0) is 13.1. The van der Waals surface area contributed by atoms with Gasteiger partial charge in [-0.05, 0) is 50.3 Å². The first-order chi connectivity index (χ1) is 8.61. The van der Waals surface area contributed by atoms with Crippen molar-refractivity contribution < 1.29 is 0 Å². The number of benzene rings is 1. The summed E-state index contributed by atoms with van der Waals surface area (Å²) in [6.45, 7) is 6.48. The second-order valence-corrected chi connectivity index (χ2v) is 5.70. The van der Waals surface area contributed by atoms with Crippen LogP contribution < -0.4 is 0 Å². The highest BCUT2D eigenvalue weighted by atomic mass is 32.2. The van der Waals surface area contributed by atoms with Crippen molar-refractivity contribution in [2.75, 3.05) is 6.26 Å². The van der Waals surface area contributed by atoms with Crippen molar-refractivity contribution in [2.24, 2.45) is 0 Å². The van der Waals surface area contributed by atoms with Gasteiger partial charge in [-0.2, -0.15) is 5.10 Å². The highest BCUT2D eigenvalue weighted by molar-refractivity contribution is 7.98. The normalized spacial score (nSPS) is 11.2. The second-order valence-electron chi connectivity index (χ2n) is 4.82. The van der Waals surface area contributed by atoms with Crippen molar-refractivity contribution in [3.63, 3.8) is 0 Å². The van der Waals surface area contributed by atoms with Crippen molar-refractivity contribution in [3.05, 3.63) is 47.3 Å². The maximum atomic E-state index is 4.46. The Morgan fingerprint density at radius 2 is 1.89 bits per heavy atom. The van der Waals surface area contributed by atoms with Gasteiger partial charge in [-0.1, -0.05) is 12.1 Å². The van der Waals surface area contributed by atoms with Crippen LogP contribution in [0.1, 0.15) is 36.7 Å². The van der Waals surface area contributed by atoms with E-state index in [0.29, 0.717) is 6.04 Å². The molecule has 96 valence electrons. The van der Waals surface area contributed by atoms with Gasteiger partial charge in [-0.25, -0.2) is 0 Å². The molecule has 0 aliphatic carbocycles. The van der Waals surface area contributed by atoms with Gasteiger partial charge in [0.2, 0.25) is 0 Å². The Kier molecular flexibility index (Phi) is 4.12. The van der Waals surface area contributed by atoms with Crippen LogP contribution in [-0.2, 0) is 6.42 Å². The molecule has 0 spiro atoms. The smallest absolute Gasteiger partial charge is 0.0528 e. The average molecular weight is 260 g/mol. The maximum Gasteiger partial charge on any atom is 0.0528 e. The molecule has 0 fully saturated rings. The van der Waals surface area contributed by atoms with Crippen molar-refractivity contribution >= 4 is 11.8 Å². The molecule has 1 aromatic heterocycles. The van der Waals surface area contributed by atoms with E-state index in [-0.39, 0.29) is 0 Å². The minimum absolute atomic E-state index is 0.428. The molecule has 2 rings (SSSR count). The van der Waals surface area contributed by atoms with E-state index in [1.165, 1.54) is 21.7 Å². The Hall–Kier alpha value is -1.22. The van der Waals surface area contributed by atoms with Gasteiger partial charge in [0.25, 0.3) is 0 Å². The standard InChI is InChI=1S/C15H20N2S/c1-11(2)17-12(3)14(10-16-17)9-13-5-7-15(18-4)8-6-13/h5-8,10-11H,9H2,1-4H3. The minimum Gasteiger partial charge on any atom is -0.267 e. The van der Waals surface area contributed by atoms with Crippen LogP contribution in [0.3, 0.4) is 0 Å². The van der Waals surface area contributed by atoms with Crippen LogP contribution in [0, 0.1) is 6.92 Å². The molecule has 1 heterocycles. The van der Waals surface area contributed by atoms with Gasteiger partial charge in [0.15, 0.2) is 0 Å². The van der Waals surface area contributed by atoms with Crippen LogP contribution in [0.15, 0.2) is 35.4 Å². The lowest BCUT2D eigenvalue weighted by Gasteiger charge is -2.09. The first-order valence-electron chi connectivity index (χ1n) is 6.27. The molecule has 0 N–H and O–H groups in total. The molecule has 0 bridgehead atoms. The second kappa shape index (κ2) is 5.61. The topological polar surface area (TPSA) is 17.8 Å². The van der Waals surface area contributed by atoms with Crippen LogP contribution >= 0.6 is 11.8 Å². The molecule has 18 heavy (non-hydrogen) atoms. The largest absolute Gasteiger partial charge is 0.267 e. The van der Waals surface area contributed by atoms with E-state index in [4.69, 9.17) is 0 Å². The van der Waals surface area contributed by atoms with Crippen LogP contribution in [-0.4, -0.2) is 16.0 Å². The van der Waals surface area contributed by atoms with E-state index in [2.05, 4.69) is 61.1 Å². The summed E-state index contributed by atoms with van der Waals surface area (Å²) < 4.78 is 2.09. The molecule has 0 saturated carbocycles. The first-order valence-corrected chi connectivity index (χ1v) is 7.50. The number of nitrogens with zero attached hydrogens (tertiary/aromatic N) is 2. The zero-order valence-corrected chi connectivity index (χ0v) is 12.3. The van der Waals surface area contributed by atoms with E-state index >= 15 is 0 Å². The van der Waals surface area contributed by atoms with Crippen LogP contribution in [0.4, 0.5) is 0 Å². The van der Waals surface area contributed by atoms with Crippen LogP contribution in [0.2, 0.25) is 0 Å². The molecule has 0 radical (unpaired) electrons. The third kappa shape index (κ3) is 2.78. The maximum absolute atomic E-state index is 4.46. The van der Waals surface area contributed by atoms with E-state index in [1.54, 1.807) is 11.8 Å². The summed E-state index contributed by atoms with van der Waals surface area (Å²) in [6.07, 6.45) is 5.07. The van der Waals surface area contributed by atoms with Gasteiger partial charge in [0.1, 0.15) is 0 Å². The predicted molar refractivity (Wildman–Crippen MR) is 78.4 cm³/mol. The highest BCUT2D eigenvalue weighted by Gasteiger charge is 2.09. The Balaban J connectivity index is 2.18. The fourth-order valence-electron chi connectivity index (χ4n) is 2.12. The van der Waals surface area contributed by atoms with E-state index in [0.717, 1.165) is 6.42 Å². The average Bonchev–Trinajstić information content (AvgIpc) is 2.72. The number of hydrogen-bond acceptors (Lipinski definition) is 2. The molecule has 2 aromatic rings. The first kappa shape index (κ1) is 13.2. The summed E-state index contributed by atoms with van der Waals surface area (Å²) in [5.74, 6) is 0. The summed E-state index contributed by atoms with van der Waals surface area (Å²) in [7, 11) is 0. The quantitative estimate of drug-likeness (QED) is 0.771. The molecule has 2 nitrogen and oxygen atoms in total.